The van der Waals surface area contributed by atoms with Gasteiger partial charge in [0.1, 0.15) is 6.54 Å². The molecule has 0 unspecified atom stereocenters. The number of aromatic nitrogens is 1. The largest absolute Gasteiger partial charge is 0.748 e. The van der Waals surface area contributed by atoms with Crippen LogP contribution >= 0.6 is 0 Å². The zero-order chi connectivity index (χ0) is 19.9. The Morgan fingerprint density at radius 2 is 1.93 bits per heavy atom. The first-order valence-corrected chi connectivity index (χ1v) is 9.77. The summed E-state index contributed by atoms with van der Waals surface area (Å²) in [4.78, 5) is 10.2. The van der Waals surface area contributed by atoms with Crippen LogP contribution in [0.3, 0.4) is 0 Å². The maximum Gasteiger partial charge on any atom is 0.269 e. The molecule has 0 saturated carbocycles. The molecule has 0 spiro atoms. The zero-order valence-corrected chi connectivity index (χ0v) is 15.6. The number of unbranched alkanes of at least 4 members (excludes halogenated alkanes) is 1. The van der Waals surface area contributed by atoms with E-state index in [0.717, 1.165) is 5.56 Å². The Morgan fingerprint density at radius 1 is 1.22 bits per heavy atom. The van der Waals surface area contributed by atoms with E-state index in [1.165, 1.54) is 12.1 Å². The van der Waals surface area contributed by atoms with Crippen molar-refractivity contribution >= 4 is 27.7 Å². The quantitative estimate of drug-likeness (QED) is 0.160. The smallest absolute Gasteiger partial charge is 0.269 e. The van der Waals surface area contributed by atoms with Crippen molar-refractivity contribution < 1.29 is 22.5 Å². The van der Waals surface area contributed by atoms with Crippen molar-refractivity contribution in [2.75, 3.05) is 17.8 Å². The normalized spacial score (nSPS) is 11.6. The van der Waals surface area contributed by atoms with E-state index in [4.69, 9.17) is 0 Å². The molecule has 0 atom stereocenters. The van der Waals surface area contributed by atoms with Crippen molar-refractivity contribution in [2.45, 2.75) is 19.4 Å². The highest BCUT2D eigenvalue weighted by molar-refractivity contribution is 7.85. The molecule has 0 N–H and O–H groups in total. The van der Waals surface area contributed by atoms with Crippen LogP contribution in [-0.2, 0) is 16.7 Å². The lowest BCUT2D eigenvalue weighted by atomic mass is 10.3. The second-order valence-electron chi connectivity index (χ2n) is 5.89. The average molecular weight is 392 g/mol. The maximum atomic E-state index is 10.7. The van der Waals surface area contributed by atoms with Crippen LogP contribution in [0.15, 0.2) is 53.9 Å². The first-order valence-electron chi connectivity index (χ1n) is 8.19. The molecule has 0 amide bonds. The summed E-state index contributed by atoms with van der Waals surface area (Å²) >= 11 is 0. The van der Waals surface area contributed by atoms with Gasteiger partial charge in [-0.3, -0.25) is 15.1 Å². The molecule has 9 nitrogen and oxygen atoms in total. The number of nitro groups is 1. The van der Waals surface area contributed by atoms with Gasteiger partial charge in [-0.05, 0) is 24.6 Å². The van der Waals surface area contributed by atoms with E-state index in [1.807, 2.05) is 29.1 Å². The van der Waals surface area contributed by atoms with Crippen LogP contribution in [0.25, 0.3) is 0 Å². The van der Waals surface area contributed by atoms with E-state index in [1.54, 1.807) is 30.4 Å². The van der Waals surface area contributed by atoms with Crippen LogP contribution in [-0.4, -0.2) is 36.9 Å². The van der Waals surface area contributed by atoms with Crippen molar-refractivity contribution in [1.29, 1.82) is 0 Å². The van der Waals surface area contributed by atoms with Gasteiger partial charge in [-0.1, -0.05) is 0 Å². The van der Waals surface area contributed by atoms with E-state index in [-0.39, 0.29) is 11.4 Å². The summed E-state index contributed by atoms with van der Waals surface area (Å²) in [6.45, 7) is 0.593. The van der Waals surface area contributed by atoms with Gasteiger partial charge >= 0.3 is 0 Å². The van der Waals surface area contributed by atoms with Gasteiger partial charge < -0.3 is 4.55 Å². The van der Waals surface area contributed by atoms with Crippen LogP contribution in [0.5, 0.6) is 0 Å². The fourth-order valence-corrected chi connectivity index (χ4v) is 2.90. The molecule has 0 aliphatic carbocycles. The molecule has 0 aliphatic heterocycles. The van der Waals surface area contributed by atoms with Crippen LogP contribution in [0.1, 0.15) is 18.4 Å². The number of nitrogens with zero attached hydrogens (tertiary/aromatic N) is 4. The van der Waals surface area contributed by atoms with E-state index < -0.39 is 15.0 Å². The van der Waals surface area contributed by atoms with Crippen LogP contribution in [0, 0.1) is 10.1 Å². The van der Waals surface area contributed by atoms with Gasteiger partial charge in [0.25, 0.3) is 5.69 Å². The lowest BCUT2D eigenvalue weighted by Gasteiger charge is -2.12. The molecule has 0 radical (unpaired) electrons. The Balaban J connectivity index is 1.95. The lowest BCUT2D eigenvalue weighted by molar-refractivity contribution is -0.697. The molecular weight excluding hydrogens is 372 g/mol. The third-order valence-electron chi connectivity index (χ3n) is 3.76. The minimum Gasteiger partial charge on any atom is -0.748 e. The Kier molecular flexibility index (Phi) is 6.97. The number of benzene rings is 1. The molecule has 1 heterocycles. The van der Waals surface area contributed by atoms with E-state index in [0.29, 0.717) is 25.1 Å². The Bertz CT molecular complexity index is 913. The van der Waals surface area contributed by atoms with Gasteiger partial charge in [0.2, 0.25) is 0 Å². The number of rotatable bonds is 9. The van der Waals surface area contributed by atoms with Gasteiger partial charge in [-0.15, -0.1) is 0 Å². The van der Waals surface area contributed by atoms with Crippen LogP contribution in [0.4, 0.5) is 11.4 Å². The minimum atomic E-state index is -4.16. The van der Waals surface area contributed by atoms with Crippen molar-refractivity contribution in [2.24, 2.45) is 5.10 Å². The summed E-state index contributed by atoms with van der Waals surface area (Å²) in [6, 6.07) is 9.78. The van der Waals surface area contributed by atoms with Crippen LogP contribution < -0.4 is 9.58 Å². The average Bonchev–Trinajstić information content (AvgIpc) is 2.63. The predicted octanol–water partition coefficient (Wildman–Crippen LogP) is 1.68. The summed E-state index contributed by atoms with van der Waals surface area (Å²) in [7, 11) is -2.43. The van der Waals surface area contributed by atoms with E-state index >= 15 is 0 Å². The van der Waals surface area contributed by atoms with E-state index in [2.05, 4.69) is 5.10 Å². The monoisotopic (exact) mass is 392 g/mol. The predicted molar refractivity (Wildman–Crippen MR) is 99.5 cm³/mol. The molecule has 1 aromatic carbocycles. The Labute approximate surface area is 157 Å². The molecule has 10 heteroatoms. The molecule has 1 aromatic heterocycles. The molecule has 2 rings (SSSR count). The molecule has 2 aromatic rings. The molecule has 144 valence electrons. The van der Waals surface area contributed by atoms with Gasteiger partial charge in [0.05, 0.1) is 32.5 Å². The number of hydrogen-bond acceptors (Lipinski definition) is 7. The first-order chi connectivity index (χ1) is 12.7. The summed E-state index contributed by atoms with van der Waals surface area (Å²) in [6.07, 6.45) is 6.26. The standard InChI is InChI=1S/C17H20N4O5S/c1-19(16-6-8-17(9-7-16)21(22)23)18-13-15-5-4-11-20(14-15)10-2-3-12-27(24,25)26/h4-9,11,13-14H,2-3,10,12H2,1H3/b18-13+. The summed E-state index contributed by atoms with van der Waals surface area (Å²) in [5, 5.41) is 16.6. The number of non-ortho nitro benzene ring substituents is 1. The first kappa shape index (κ1) is 20.5. The van der Waals surface area contributed by atoms with Gasteiger partial charge in [-0.2, -0.15) is 5.10 Å². The number of hydrazone groups is 1. The fourth-order valence-electron chi connectivity index (χ4n) is 2.34. The summed E-state index contributed by atoms with van der Waals surface area (Å²) < 4.78 is 33.7. The fraction of sp³-hybridized carbons (Fsp3) is 0.294. The molecule has 0 saturated heterocycles. The van der Waals surface area contributed by atoms with Crippen molar-refractivity contribution in [1.82, 2.24) is 0 Å². The summed E-state index contributed by atoms with van der Waals surface area (Å²) in [5.41, 5.74) is 1.56. The molecule has 0 fully saturated rings. The third kappa shape index (κ3) is 7.12. The highest BCUT2D eigenvalue weighted by Crippen LogP contribution is 2.18. The molecule has 0 aliphatic rings. The molecule has 27 heavy (non-hydrogen) atoms. The van der Waals surface area contributed by atoms with Crippen LogP contribution in [0.2, 0.25) is 0 Å². The summed E-state index contributed by atoms with van der Waals surface area (Å²) in [5.74, 6) is -0.352. The number of aryl methyl sites for hydroxylation is 1. The molecule has 0 bridgehead atoms. The number of nitro benzene ring substituents is 1. The highest BCUT2D eigenvalue weighted by atomic mass is 32.2. The second-order valence-corrected chi connectivity index (χ2v) is 7.41. The van der Waals surface area contributed by atoms with E-state index in [9.17, 15) is 23.1 Å². The highest BCUT2D eigenvalue weighted by Gasteiger charge is 2.06. The lowest BCUT2D eigenvalue weighted by Crippen LogP contribution is -2.33. The maximum absolute atomic E-state index is 10.7. The molecular formula is C17H20N4O5S. The topological polar surface area (TPSA) is 120 Å². The Hall–Kier alpha value is -2.85. The second kappa shape index (κ2) is 9.19. The van der Waals surface area contributed by atoms with Gasteiger partial charge in [0, 0.05) is 37.4 Å². The number of pyridine rings is 1. The number of hydrogen-bond donors (Lipinski definition) is 0. The number of anilines is 1. The zero-order valence-electron chi connectivity index (χ0n) is 14.8. The van der Waals surface area contributed by atoms with Gasteiger partial charge in [0.15, 0.2) is 12.4 Å². The van der Waals surface area contributed by atoms with Crippen molar-refractivity contribution in [3.63, 3.8) is 0 Å². The minimum absolute atomic E-state index is 0.0185. The van der Waals surface area contributed by atoms with Crippen molar-refractivity contribution in [3.05, 3.63) is 64.5 Å². The SMILES string of the molecule is CN(/N=C/c1ccc[n+](CCCCS(=O)(=O)[O-])c1)c1ccc([N+](=O)[O-])cc1. The third-order valence-corrected chi connectivity index (χ3v) is 4.54. The Morgan fingerprint density at radius 3 is 2.56 bits per heavy atom. The van der Waals surface area contributed by atoms with Gasteiger partial charge in [-0.25, -0.2) is 13.0 Å². The van der Waals surface area contributed by atoms with Crippen molar-refractivity contribution in [3.8, 4) is 0 Å².